The second kappa shape index (κ2) is 7.32. The molecule has 1 amide bonds. The second-order valence-electron chi connectivity index (χ2n) is 6.03. The molecule has 3 aromatic heterocycles. The minimum absolute atomic E-state index is 0.207. The predicted molar refractivity (Wildman–Crippen MR) is 104 cm³/mol. The lowest BCUT2D eigenvalue weighted by Gasteiger charge is -2.07. The van der Waals surface area contributed by atoms with Gasteiger partial charge in [0, 0.05) is 16.6 Å². The number of halogens is 2. The van der Waals surface area contributed by atoms with Crippen LogP contribution in [0.25, 0.3) is 21.7 Å². The number of carbonyl (C=O) groups excluding carboxylic acids is 1. The summed E-state index contributed by atoms with van der Waals surface area (Å²) in [6, 6.07) is 8.70. The van der Waals surface area contributed by atoms with Gasteiger partial charge in [0.25, 0.3) is 5.91 Å². The molecule has 140 valence electrons. The lowest BCUT2D eigenvalue weighted by molar-refractivity contribution is 0.101. The van der Waals surface area contributed by atoms with E-state index < -0.39 is 23.1 Å². The summed E-state index contributed by atoms with van der Waals surface area (Å²) in [7, 11) is 0. The molecule has 4 rings (SSSR count). The van der Waals surface area contributed by atoms with E-state index in [0.29, 0.717) is 0 Å². The van der Waals surface area contributed by atoms with Crippen molar-refractivity contribution in [3.05, 3.63) is 77.2 Å². The number of carbonyl (C=O) groups is 1. The van der Waals surface area contributed by atoms with Crippen molar-refractivity contribution in [2.24, 2.45) is 0 Å². The Bertz CT molecular complexity index is 1120. The van der Waals surface area contributed by atoms with Crippen molar-refractivity contribution in [1.82, 2.24) is 15.0 Å². The molecule has 8 heteroatoms. The number of imidazole rings is 1. The molecule has 0 spiro atoms. The highest BCUT2D eigenvalue weighted by atomic mass is 32.1. The number of benzene rings is 1. The van der Waals surface area contributed by atoms with E-state index in [9.17, 15) is 13.6 Å². The average Bonchev–Trinajstić information content (AvgIpc) is 3.32. The molecule has 0 saturated carbocycles. The van der Waals surface area contributed by atoms with Crippen LogP contribution in [0.3, 0.4) is 0 Å². The highest BCUT2D eigenvalue weighted by Gasteiger charge is 2.17. The number of aryl methyl sites for hydroxylation is 1. The minimum atomic E-state index is -0.922. The van der Waals surface area contributed by atoms with Crippen LogP contribution in [0.4, 0.5) is 14.6 Å². The fraction of sp³-hybridized carbons (Fsp3) is 0.0500. The Morgan fingerprint density at radius 2 is 1.93 bits per heavy atom. The zero-order chi connectivity index (χ0) is 19.7. The van der Waals surface area contributed by atoms with E-state index in [0.717, 1.165) is 38.7 Å². The van der Waals surface area contributed by atoms with Crippen LogP contribution in [0.2, 0.25) is 0 Å². The SMILES string of the molecule is Cc1sc(-c2cnc[nH]2)cc1-c1ccc(NC(=O)c2c(F)cccc2F)nc1. The summed E-state index contributed by atoms with van der Waals surface area (Å²) in [5.41, 5.74) is 2.18. The number of hydrogen-bond donors (Lipinski definition) is 2. The molecule has 0 bridgehead atoms. The van der Waals surface area contributed by atoms with E-state index in [-0.39, 0.29) is 5.82 Å². The lowest BCUT2D eigenvalue weighted by atomic mass is 10.1. The summed E-state index contributed by atoms with van der Waals surface area (Å²) in [6.07, 6.45) is 4.99. The maximum Gasteiger partial charge on any atom is 0.262 e. The third kappa shape index (κ3) is 3.41. The van der Waals surface area contributed by atoms with Crippen LogP contribution in [-0.4, -0.2) is 20.9 Å². The summed E-state index contributed by atoms with van der Waals surface area (Å²) >= 11 is 1.63. The molecule has 0 aliphatic carbocycles. The molecule has 0 aliphatic heterocycles. The van der Waals surface area contributed by atoms with E-state index >= 15 is 0 Å². The Morgan fingerprint density at radius 3 is 2.57 bits per heavy atom. The number of thiophene rings is 1. The Labute approximate surface area is 163 Å². The summed E-state index contributed by atoms with van der Waals surface area (Å²) in [5, 5.41) is 2.42. The van der Waals surface area contributed by atoms with Gasteiger partial charge >= 0.3 is 0 Å². The van der Waals surface area contributed by atoms with E-state index in [4.69, 9.17) is 0 Å². The van der Waals surface area contributed by atoms with Gasteiger partial charge in [-0.05, 0) is 42.8 Å². The minimum Gasteiger partial charge on any atom is -0.344 e. The molecule has 5 nitrogen and oxygen atoms in total. The number of rotatable bonds is 4. The van der Waals surface area contributed by atoms with Gasteiger partial charge in [-0.1, -0.05) is 6.07 Å². The van der Waals surface area contributed by atoms with E-state index in [1.54, 1.807) is 42.2 Å². The summed E-state index contributed by atoms with van der Waals surface area (Å²) in [6.45, 7) is 2.01. The topological polar surface area (TPSA) is 70.7 Å². The average molecular weight is 396 g/mol. The van der Waals surface area contributed by atoms with E-state index in [1.165, 1.54) is 6.07 Å². The molecule has 3 heterocycles. The third-order valence-corrected chi connectivity index (χ3v) is 5.27. The number of H-pyrrole nitrogens is 1. The highest BCUT2D eigenvalue weighted by molar-refractivity contribution is 7.15. The van der Waals surface area contributed by atoms with Crippen molar-refractivity contribution in [2.75, 3.05) is 5.32 Å². The molecule has 0 radical (unpaired) electrons. The lowest BCUT2D eigenvalue weighted by Crippen LogP contribution is -2.16. The standard InChI is InChI=1S/C20H14F2N4OS/c1-11-13(7-17(28-11)16-9-23-10-25-16)12-5-6-18(24-8-12)26-20(27)19-14(21)3-2-4-15(19)22/h2-10H,1H3,(H,23,25)(H,24,26,27). The maximum absolute atomic E-state index is 13.7. The number of hydrogen-bond acceptors (Lipinski definition) is 4. The van der Waals surface area contributed by atoms with Crippen LogP contribution in [0.1, 0.15) is 15.2 Å². The van der Waals surface area contributed by atoms with Gasteiger partial charge in [0.15, 0.2) is 0 Å². The first-order valence-electron chi connectivity index (χ1n) is 8.34. The van der Waals surface area contributed by atoms with Gasteiger partial charge in [-0.25, -0.2) is 18.7 Å². The number of nitrogens with one attached hydrogen (secondary N) is 2. The fourth-order valence-corrected chi connectivity index (χ4v) is 3.83. The van der Waals surface area contributed by atoms with Gasteiger partial charge in [-0.2, -0.15) is 0 Å². The first-order chi connectivity index (χ1) is 13.5. The Morgan fingerprint density at radius 1 is 1.14 bits per heavy atom. The molecule has 0 atom stereocenters. The fourth-order valence-electron chi connectivity index (χ4n) is 2.81. The molecule has 0 unspecified atom stereocenters. The second-order valence-corrected chi connectivity index (χ2v) is 7.29. The van der Waals surface area contributed by atoms with Crippen LogP contribution < -0.4 is 5.32 Å². The van der Waals surface area contributed by atoms with Crippen LogP contribution in [0.15, 0.2) is 55.1 Å². The molecular weight excluding hydrogens is 382 g/mol. The first kappa shape index (κ1) is 18.0. The number of aromatic nitrogens is 3. The van der Waals surface area contributed by atoms with Crippen LogP contribution in [-0.2, 0) is 0 Å². The summed E-state index contributed by atoms with van der Waals surface area (Å²) < 4.78 is 27.5. The van der Waals surface area contributed by atoms with E-state index in [2.05, 4.69) is 20.3 Å². The number of pyridine rings is 1. The number of amides is 1. The molecule has 0 fully saturated rings. The predicted octanol–water partition coefficient (Wildman–Crippen LogP) is 5.04. The molecular formula is C20H14F2N4OS. The first-order valence-corrected chi connectivity index (χ1v) is 9.15. The molecule has 2 N–H and O–H groups in total. The van der Waals surface area contributed by atoms with Gasteiger partial charge in [0.2, 0.25) is 0 Å². The zero-order valence-electron chi connectivity index (χ0n) is 14.7. The van der Waals surface area contributed by atoms with Gasteiger partial charge in [0.1, 0.15) is 23.0 Å². The van der Waals surface area contributed by atoms with Crippen LogP contribution >= 0.6 is 11.3 Å². The van der Waals surface area contributed by atoms with Crippen molar-refractivity contribution in [2.45, 2.75) is 6.92 Å². The number of aromatic amines is 1. The highest BCUT2D eigenvalue weighted by Crippen LogP contribution is 2.35. The smallest absolute Gasteiger partial charge is 0.262 e. The van der Waals surface area contributed by atoms with E-state index in [1.807, 2.05) is 13.0 Å². The molecule has 0 aliphatic rings. The molecule has 0 saturated heterocycles. The monoisotopic (exact) mass is 396 g/mol. The van der Waals surface area contributed by atoms with Crippen molar-refractivity contribution in [3.63, 3.8) is 0 Å². The van der Waals surface area contributed by atoms with Crippen LogP contribution in [0, 0.1) is 18.6 Å². The normalized spacial score (nSPS) is 10.8. The number of anilines is 1. The largest absolute Gasteiger partial charge is 0.344 e. The Hall–Kier alpha value is -3.39. The van der Waals surface area contributed by atoms with Crippen molar-refractivity contribution >= 4 is 23.1 Å². The molecule has 4 aromatic rings. The molecule has 1 aromatic carbocycles. The molecule has 28 heavy (non-hydrogen) atoms. The maximum atomic E-state index is 13.7. The zero-order valence-corrected chi connectivity index (χ0v) is 15.5. The Kier molecular flexibility index (Phi) is 4.70. The van der Waals surface area contributed by atoms with Gasteiger partial charge in [-0.15, -0.1) is 11.3 Å². The third-order valence-electron chi connectivity index (χ3n) is 4.19. The quantitative estimate of drug-likeness (QED) is 0.508. The number of nitrogens with zero attached hydrogens (tertiary/aromatic N) is 2. The van der Waals surface area contributed by atoms with Gasteiger partial charge in [0.05, 0.1) is 23.1 Å². The Balaban J connectivity index is 1.56. The van der Waals surface area contributed by atoms with Crippen molar-refractivity contribution in [3.8, 4) is 21.7 Å². The summed E-state index contributed by atoms with van der Waals surface area (Å²) in [4.78, 5) is 25.6. The van der Waals surface area contributed by atoms with Crippen molar-refractivity contribution in [1.29, 1.82) is 0 Å². The van der Waals surface area contributed by atoms with Gasteiger partial charge < -0.3 is 10.3 Å². The van der Waals surface area contributed by atoms with Gasteiger partial charge in [-0.3, -0.25) is 4.79 Å². The van der Waals surface area contributed by atoms with Crippen LogP contribution in [0.5, 0.6) is 0 Å². The summed E-state index contributed by atoms with van der Waals surface area (Å²) in [5.74, 6) is -2.52. The van der Waals surface area contributed by atoms with Crippen molar-refractivity contribution < 1.29 is 13.6 Å².